The van der Waals surface area contributed by atoms with Gasteiger partial charge in [-0.15, -0.1) is 21.5 Å². The van der Waals surface area contributed by atoms with Gasteiger partial charge in [0.15, 0.2) is 11.5 Å². The molecule has 0 radical (unpaired) electrons. The van der Waals surface area contributed by atoms with Crippen molar-refractivity contribution in [2.24, 2.45) is 0 Å². The smallest absolute Gasteiger partial charge is 0.277 e. The van der Waals surface area contributed by atoms with Crippen LogP contribution in [0.5, 0.6) is 11.5 Å². The minimum absolute atomic E-state index is 0.161. The summed E-state index contributed by atoms with van der Waals surface area (Å²) >= 11 is 2.87. The first-order valence-electron chi connectivity index (χ1n) is 9.72. The third kappa shape index (κ3) is 4.80. The number of aromatic nitrogens is 3. The lowest BCUT2D eigenvalue weighted by Crippen LogP contribution is -2.17. The molecule has 31 heavy (non-hydrogen) atoms. The number of aryl methyl sites for hydroxylation is 2. The standard InChI is InChI=1S/C21H18N4O4S2/c26-18(22-13-5-6-15-16(11-13)28-10-9-27-15)12-30-21-25-24-19(29-21)7-8-20-23-14-3-1-2-4-17(14)31-20/h1-6,11H,7-10,12H2,(H,22,26). The highest BCUT2D eigenvalue weighted by Gasteiger charge is 2.14. The van der Waals surface area contributed by atoms with E-state index in [1.54, 1.807) is 29.5 Å². The van der Waals surface area contributed by atoms with Crippen molar-refractivity contribution in [2.75, 3.05) is 24.3 Å². The number of amides is 1. The molecule has 4 aromatic rings. The van der Waals surface area contributed by atoms with E-state index in [0.29, 0.717) is 47.9 Å². The molecule has 158 valence electrons. The zero-order chi connectivity index (χ0) is 21.0. The maximum atomic E-state index is 12.3. The summed E-state index contributed by atoms with van der Waals surface area (Å²) in [6.45, 7) is 1.03. The summed E-state index contributed by atoms with van der Waals surface area (Å²) in [4.78, 5) is 16.9. The summed E-state index contributed by atoms with van der Waals surface area (Å²) in [5.74, 6) is 1.84. The maximum absolute atomic E-state index is 12.3. The molecule has 8 nitrogen and oxygen atoms in total. The number of para-hydroxylation sites is 1. The second-order valence-electron chi connectivity index (χ2n) is 6.73. The minimum atomic E-state index is -0.170. The van der Waals surface area contributed by atoms with Gasteiger partial charge in [0.25, 0.3) is 5.22 Å². The Morgan fingerprint density at radius 3 is 2.84 bits per heavy atom. The largest absolute Gasteiger partial charge is 0.486 e. The van der Waals surface area contributed by atoms with E-state index in [0.717, 1.165) is 16.9 Å². The van der Waals surface area contributed by atoms with Crippen molar-refractivity contribution in [1.82, 2.24) is 15.2 Å². The lowest BCUT2D eigenvalue weighted by molar-refractivity contribution is -0.113. The highest BCUT2D eigenvalue weighted by atomic mass is 32.2. The van der Waals surface area contributed by atoms with Gasteiger partial charge in [0, 0.05) is 24.6 Å². The van der Waals surface area contributed by atoms with Crippen molar-refractivity contribution in [2.45, 2.75) is 18.1 Å². The van der Waals surface area contributed by atoms with E-state index in [4.69, 9.17) is 13.9 Å². The van der Waals surface area contributed by atoms with E-state index in [1.165, 1.54) is 16.5 Å². The molecule has 1 N–H and O–H groups in total. The van der Waals surface area contributed by atoms with Crippen LogP contribution in [0.2, 0.25) is 0 Å². The molecular formula is C21H18N4O4S2. The first kappa shape index (κ1) is 19.8. The monoisotopic (exact) mass is 454 g/mol. The van der Waals surface area contributed by atoms with E-state index >= 15 is 0 Å². The number of hydrogen-bond acceptors (Lipinski definition) is 9. The second kappa shape index (κ2) is 8.94. The van der Waals surface area contributed by atoms with Gasteiger partial charge in [-0.3, -0.25) is 4.79 Å². The van der Waals surface area contributed by atoms with E-state index < -0.39 is 0 Å². The van der Waals surface area contributed by atoms with Gasteiger partial charge in [-0.25, -0.2) is 4.98 Å². The van der Waals surface area contributed by atoms with Crippen LogP contribution < -0.4 is 14.8 Å². The molecular weight excluding hydrogens is 436 g/mol. The molecule has 0 saturated carbocycles. The van der Waals surface area contributed by atoms with E-state index in [9.17, 15) is 4.79 Å². The van der Waals surface area contributed by atoms with Crippen LogP contribution in [0.4, 0.5) is 5.69 Å². The number of thioether (sulfide) groups is 1. The summed E-state index contributed by atoms with van der Waals surface area (Å²) < 4.78 is 17.8. The fraction of sp³-hybridized carbons (Fsp3) is 0.238. The summed E-state index contributed by atoms with van der Waals surface area (Å²) in [6, 6.07) is 13.4. The summed E-state index contributed by atoms with van der Waals surface area (Å²) in [7, 11) is 0. The van der Waals surface area contributed by atoms with Crippen LogP contribution in [0.15, 0.2) is 52.1 Å². The predicted molar refractivity (Wildman–Crippen MR) is 118 cm³/mol. The number of carbonyl (C=O) groups excluding carboxylic acids is 1. The number of thiazole rings is 1. The number of nitrogens with one attached hydrogen (secondary N) is 1. The van der Waals surface area contributed by atoms with Crippen molar-refractivity contribution < 1.29 is 18.7 Å². The third-order valence-corrected chi connectivity index (χ3v) is 6.41. The van der Waals surface area contributed by atoms with Gasteiger partial charge >= 0.3 is 0 Å². The lowest BCUT2D eigenvalue weighted by Gasteiger charge is -2.18. The Morgan fingerprint density at radius 2 is 1.94 bits per heavy atom. The number of nitrogens with zero attached hydrogens (tertiary/aromatic N) is 3. The first-order chi connectivity index (χ1) is 15.2. The van der Waals surface area contributed by atoms with E-state index in [-0.39, 0.29) is 11.7 Å². The topological polar surface area (TPSA) is 99.4 Å². The molecule has 2 aromatic carbocycles. The zero-order valence-corrected chi connectivity index (χ0v) is 18.0. The number of rotatable bonds is 7. The number of hydrogen-bond donors (Lipinski definition) is 1. The second-order valence-corrected chi connectivity index (χ2v) is 8.77. The Hall–Kier alpha value is -3.11. The molecule has 1 amide bonds. The van der Waals surface area contributed by atoms with E-state index in [2.05, 4.69) is 26.6 Å². The van der Waals surface area contributed by atoms with Crippen LogP contribution in [0.25, 0.3) is 10.2 Å². The lowest BCUT2D eigenvalue weighted by atomic mass is 10.2. The minimum Gasteiger partial charge on any atom is -0.486 e. The molecule has 3 heterocycles. The van der Waals surface area contributed by atoms with Crippen molar-refractivity contribution in [1.29, 1.82) is 0 Å². The molecule has 1 aliphatic rings. The maximum Gasteiger partial charge on any atom is 0.277 e. The highest BCUT2D eigenvalue weighted by molar-refractivity contribution is 7.99. The van der Waals surface area contributed by atoms with Crippen molar-refractivity contribution in [3.63, 3.8) is 0 Å². The normalized spacial score (nSPS) is 12.8. The Kier molecular flexibility index (Phi) is 5.72. The van der Waals surface area contributed by atoms with Crippen LogP contribution in [0.3, 0.4) is 0 Å². The fourth-order valence-corrected chi connectivity index (χ4v) is 4.63. The van der Waals surface area contributed by atoms with Gasteiger partial charge in [-0.1, -0.05) is 23.9 Å². The van der Waals surface area contributed by atoms with Crippen molar-refractivity contribution in [3.05, 3.63) is 53.4 Å². The average Bonchev–Trinajstić information content (AvgIpc) is 3.42. The molecule has 0 fully saturated rings. The molecule has 10 heteroatoms. The average molecular weight is 455 g/mol. The first-order valence-corrected chi connectivity index (χ1v) is 11.5. The Bertz CT molecular complexity index is 1190. The molecule has 0 saturated heterocycles. The summed E-state index contributed by atoms with van der Waals surface area (Å²) in [5, 5.41) is 12.3. The Morgan fingerprint density at radius 1 is 1.06 bits per heavy atom. The summed E-state index contributed by atoms with van der Waals surface area (Å²) in [5.41, 5.74) is 1.66. The van der Waals surface area contributed by atoms with Gasteiger partial charge in [-0.05, 0) is 24.3 Å². The van der Waals surface area contributed by atoms with Crippen LogP contribution >= 0.6 is 23.1 Å². The molecule has 0 spiro atoms. The van der Waals surface area contributed by atoms with E-state index in [1.807, 2.05) is 18.2 Å². The summed E-state index contributed by atoms with van der Waals surface area (Å²) in [6.07, 6.45) is 1.34. The van der Waals surface area contributed by atoms with Crippen molar-refractivity contribution >= 4 is 44.9 Å². The number of benzene rings is 2. The van der Waals surface area contributed by atoms with Crippen LogP contribution in [0.1, 0.15) is 10.9 Å². The number of carbonyl (C=O) groups is 1. The van der Waals surface area contributed by atoms with Gasteiger partial charge in [0.2, 0.25) is 11.8 Å². The van der Waals surface area contributed by atoms with Gasteiger partial charge in [-0.2, -0.15) is 0 Å². The van der Waals surface area contributed by atoms with Crippen molar-refractivity contribution in [3.8, 4) is 11.5 Å². The van der Waals surface area contributed by atoms with Gasteiger partial charge in [0.1, 0.15) is 13.2 Å². The molecule has 0 atom stereocenters. The molecule has 0 bridgehead atoms. The zero-order valence-electron chi connectivity index (χ0n) is 16.4. The number of anilines is 1. The molecule has 0 aliphatic carbocycles. The number of fused-ring (bicyclic) bond motifs is 2. The Labute approximate surface area is 186 Å². The number of ether oxygens (including phenoxy) is 2. The molecule has 2 aromatic heterocycles. The van der Waals surface area contributed by atoms with Gasteiger partial charge in [0.05, 0.1) is 21.0 Å². The molecule has 1 aliphatic heterocycles. The molecule has 5 rings (SSSR count). The Balaban J connectivity index is 1.11. The quantitative estimate of drug-likeness (QED) is 0.419. The molecule has 0 unspecified atom stereocenters. The van der Waals surface area contributed by atoms with Crippen LogP contribution in [0, 0.1) is 0 Å². The highest BCUT2D eigenvalue weighted by Crippen LogP contribution is 2.32. The SMILES string of the molecule is O=C(CSc1nnc(CCc2nc3ccccc3s2)o1)Nc1ccc2c(c1)OCCO2. The fourth-order valence-electron chi connectivity index (χ4n) is 3.08. The van der Waals surface area contributed by atoms with Crippen LogP contribution in [-0.4, -0.2) is 40.1 Å². The van der Waals surface area contributed by atoms with Gasteiger partial charge < -0.3 is 19.2 Å². The predicted octanol–water partition coefficient (Wildman–Crippen LogP) is 3.97. The van der Waals surface area contributed by atoms with Crippen LogP contribution in [-0.2, 0) is 17.6 Å². The third-order valence-electron chi connectivity index (χ3n) is 4.49.